The fraction of sp³-hybridized carbons (Fsp3) is 0.533. The van der Waals surface area contributed by atoms with Crippen LogP contribution in [0, 0.1) is 5.92 Å². The second kappa shape index (κ2) is 5.63. The number of halogens is 1. The number of hydrogen-bond acceptors (Lipinski definition) is 2. The Labute approximate surface area is 122 Å². The average molecular weight is 323 g/mol. The lowest BCUT2D eigenvalue weighted by atomic mass is 10.0. The monoisotopic (exact) mass is 322 g/mol. The fourth-order valence-corrected chi connectivity index (χ4v) is 3.46. The molecule has 2 aliphatic heterocycles. The van der Waals surface area contributed by atoms with E-state index in [-0.39, 0.29) is 5.91 Å². The first-order valence-electron chi connectivity index (χ1n) is 7.03. The maximum Gasteiger partial charge on any atom is 0.227 e. The minimum atomic E-state index is 0.285. The van der Waals surface area contributed by atoms with Gasteiger partial charge in [-0.3, -0.25) is 4.79 Å². The van der Waals surface area contributed by atoms with Crippen molar-refractivity contribution in [2.45, 2.75) is 25.7 Å². The molecule has 1 amide bonds. The van der Waals surface area contributed by atoms with Crippen molar-refractivity contribution >= 4 is 27.5 Å². The van der Waals surface area contributed by atoms with Gasteiger partial charge in [-0.15, -0.1) is 0 Å². The van der Waals surface area contributed by atoms with E-state index in [0.717, 1.165) is 42.6 Å². The van der Waals surface area contributed by atoms with Gasteiger partial charge in [0.1, 0.15) is 0 Å². The molecule has 0 saturated carbocycles. The number of carbonyl (C=O) groups is 1. The maximum atomic E-state index is 12.3. The van der Waals surface area contributed by atoms with Crippen LogP contribution in [0.2, 0.25) is 0 Å². The zero-order valence-electron chi connectivity index (χ0n) is 11.0. The van der Waals surface area contributed by atoms with Crippen LogP contribution < -0.4 is 10.2 Å². The van der Waals surface area contributed by atoms with Gasteiger partial charge in [-0.1, -0.05) is 15.9 Å². The Kier molecular flexibility index (Phi) is 3.89. The maximum absolute atomic E-state index is 12.3. The molecule has 1 N–H and O–H groups in total. The van der Waals surface area contributed by atoms with Crippen LogP contribution in [0.4, 0.5) is 5.69 Å². The summed E-state index contributed by atoms with van der Waals surface area (Å²) in [5, 5.41) is 3.36. The zero-order chi connectivity index (χ0) is 13.2. The fourth-order valence-electron chi connectivity index (χ4n) is 3.05. The first-order valence-corrected chi connectivity index (χ1v) is 7.83. The topological polar surface area (TPSA) is 32.3 Å². The van der Waals surface area contributed by atoms with Crippen LogP contribution in [-0.2, 0) is 11.2 Å². The first-order chi connectivity index (χ1) is 9.24. The SMILES string of the molecule is O=C(CCC1CCNC1)N1CCc2cc(Br)ccc21. The Morgan fingerprint density at radius 3 is 3.16 bits per heavy atom. The van der Waals surface area contributed by atoms with Crippen LogP contribution in [-0.4, -0.2) is 25.5 Å². The molecule has 0 spiro atoms. The van der Waals surface area contributed by atoms with Crippen molar-refractivity contribution in [3.05, 3.63) is 28.2 Å². The number of benzene rings is 1. The lowest BCUT2D eigenvalue weighted by molar-refractivity contribution is -0.118. The van der Waals surface area contributed by atoms with Gasteiger partial charge in [-0.2, -0.15) is 0 Å². The molecule has 0 bridgehead atoms. The van der Waals surface area contributed by atoms with E-state index < -0.39 is 0 Å². The van der Waals surface area contributed by atoms with E-state index in [9.17, 15) is 4.79 Å². The van der Waals surface area contributed by atoms with Gasteiger partial charge in [0.2, 0.25) is 5.91 Å². The average Bonchev–Trinajstić information content (AvgIpc) is 3.04. The van der Waals surface area contributed by atoms with Crippen LogP contribution in [0.3, 0.4) is 0 Å². The lowest BCUT2D eigenvalue weighted by Gasteiger charge is -2.18. The molecule has 0 radical (unpaired) electrons. The number of nitrogens with one attached hydrogen (secondary N) is 1. The first kappa shape index (κ1) is 13.1. The molecule has 1 atom stereocenters. The molecule has 19 heavy (non-hydrogen) atoms. The Morgan fingerprint density at radius 1 is 1.47 bits per heavy atom. The third-order valence-electron chi connectivity index (χ3n) is 4.17. The van der Waals surface area contributed by atoms with Gasteiger partial charge in [0.25, 0.3) is 0 Å². The van der Waals surface area contributed by atoms with Gasteiger partial charge < -0.3 is 10.2 Å². The lowest BCUT2D eigenvalue weighted by Crippen LogP contribution is -2.29. The van der Waals surface area contributed by atoms with Crippen LogP contribution in [0.1, 0.15) is 24.8 Å². The van der Waals surface area contributed by atoms with E-state index in [1.165, 1.54) is 12.0 Å². The van der Waals surface area contributed by atoms with E-state index in [4.69, 9.17) is 0 Å². The van der Waals surface area contributed by atoms with Crippen molar-refractivity contribution in [2.24, 2.45) is 5.92 Å². The largest absolute Gasteiger partial charge is 0.316 e. The minimum absolute atomic E-state index is 0.285. The molecule has 1 saturated heterocycles. The highest BCUT2D eigenvalue weighted by molar-refractivity contribution is 9.10. The summed E-state index contributed by atoms with van der Waals surface area (Å²) in [6.45, 7) is 3.03. The standard InChI is InChI=1S/C15H19BrN2O/c16-13-2-3-14-12(9-13)6-8-18(14)15(19)4-1-11-5-7-17-10-11/h2-3,9,11,17H,1,4-8,10H2. The predicted octanol–water partition coefficient (Wildman–Crippen LogP) is 2.73. The second-order valence-electron chi connectivity index (χ2n) is 5.47. The molecule has 2 heterocycles. The summed E-state index contributed by atoms with van der Waals surface area (Å²) in [5.41, 5.74) is 2.39. The summed E-state index contributed by atoms with van der Waals surface area (Å²) in [6, 6.07) is 6.20. The highest BCUT2D eigenvalue weighted by Crippen LogP contribution is 2.31. The quantitative estimate of drug-likeness (QED) is 0.928. The highest BCUT2D eigenvalue weighted by atomic mass is 79.9. The van der Waals surface area contributed by atoms with E-state index in [1.54, 1.807) is 0 Å². The molecule has 102 valence electrons. The number of nitrogens with zero attached hydrogens (tertiary/aromatic N) is 1. The number of rotatable bonds is 3. The van der Waals surface area contributed by atoms with Crippen molar-refractivity contribution in [1.29, 1.82) is 0 Å². The molecule has 1 aromatic rings. The summed E-state index contributed by atoms with van der Waals surface area (Å²) in [6.07, 6.45) is 3.90. The van der Waals surface area contributed by atoms with Crippen LogP contribution in [0.15, 0.2) is 22.7 Å². The normalized spacial score (nSPS) is 21.7. The molecule has 4 heteroatoms. The van der Waals surface area contributed by atoms with E-state index >= 15 is 0 Å². The summed E-state index contributed by atoms with van der Waals surface area (Å²) in [5.74, 6) is 0.976. The van der Waals surface area contributed by atoms with E-state index in [2.05, 4.69) is 33.4 Å². The zero-order valence-corrected chi connectivity index (χ0v) is 12.6. The van der Waals surface area contributed by atoms with E-state index in [0.29, 0.717) is 12.3 Å². The Morgan fingerprint density at radius 2 is 2.37 bits per heavy atom. The number of fused-ring (bicyclic) bond motifs is 1. The van der Waals surface area contributed by atoms with Gasteiger partial charge in [-0.25, -0.2) is 0 Å². The number of amides is 1. The van der Waals surface area contributed by atoms with Gasteiger partial charge in [-0.05, 0) is 62.0 Å². The molecule has 0 aromatic heterocycles. The molecule has 3 nitrogen and oxygen atoms in total. The van der Waals surface area contributed by atoms with Crippen molar-refractivity contribution in [3.63, 3.8) is 0 Å². The highest BCUT2D eigenvalue weighted by Gasteiger charge is 2.25. The van der Waals surface area contributed by atoms with Crippen molar-refractivity contribution < 1.29 is 4.79 Å². The molecule has 1 fully saturated rings. The summed E-state index contributed by atoms with van der Waals surface area (Å²) in [7, 11) is 0. The molecule has 0 aliphatic carbocycles. The van der Waals surface area contributed by atoms with Gasteiger partial charge in [0, 0.05) is 23.1 Å². The van der Waals surface area contributed by atoms with E-state index in [1.807, 2.05) is 11.0 Å². The smallest absolute Gasteiger partial charge is 0.227 e. The second-order valence-corrected chi connectivity index (χ2v) is 6.38. The molecular weight excluding hydrogens is 304 g/mol. The van der Waals surface area contributed by atoms with Crippen molar-refractivity contribution in [1.82, 2.24) is 5.32 Å². The molecule has 2 aliphatic rings. The number of hydrogen-bond donors (Lipinski definition) is 1. The number of anilines is 1. The van der Waals surface area contributed by atoms with Crippen molar-refractivity contribution in [3.8, 4) is 0 Å². The van der Waals surface area contributed by atoms with Gasteiger partial charge >= 0.3 is 0 Å². The summed E-state index contributed by atoms with van der Waals surface area (Å²) >= 11 is 3.49. The van der Waals surface area contributed by atoms with Crippen molar-refractivity contribution in [2.75, 3.05) is 24.5 Å². The van der Waals surface area contributed by atoms with Gasteiger partial charge in [0.15, 0.2) is 0 Å². The van der Waals surface area contributed by atoms with Crippen LogP contribution in [0.25, 0.3) is 0 Å². The van der Waals surface area contributed by atoms with Crippen LogP contribution in [0.5, 0.6) is 0 Å². The molecule has 1 aromatic carbocycles. The molecule has 1 unspecified atom stereocenters. The Hall–Kier alpha value is -0.870. The molecular formula is C15H19BrN2O. The summed E-state index contributed by atoms with van der Waals surface area (Å²) in [4.78, 5) is 14.3. The molecule has 3 rings (SSSR count). The van der Waals surface area contributed by atoms with Gasteiger partial charge in [0.05, 0.1) is 0 Å². The van der Waals surface area contributed by atoms with Crippen LogP contribution >= 0.6 is 15.9 Å². The summed E-state index contributed by atoms with van der Waals surface area (Å²) < 4.78 is 1.09. The Balaban J connectivity index is 1.62. The predicted molar refractivity (Wildman–Crippen MR) is 80.4 cm³/mol. The third-order valence-corrected chi connectivity index (χ3v) is 4.66. The number of carbonyl (C=O) groups excluding carboxylic acids is 1. The minimum Gasteiger partial charge on any atom is -0.316 e. The third kappa shape index (κ3) is 2.84. The Bertz CT molecular complexity index is 483.